The van der Waals surface area contributed by atoms with Gasteiger partial charge in [-0.3, -0.25) is 14.5 Å². The Hall–Kier alpha value is -2.78. The number of rotatable bonds is 5. The Morgan fingerprint density at radius 3 is 2.24 bits per heavy atom. The van der Waals surface area contributed by atoms with E-state index in [0.717, 1.165) is 42.8 Å². The number of halogens is 1. The monoisotopic (exact) mass is 487 g/mol. The first-order valence-electron chi connectivity index (χ1n) is 11.7. The zero-order valence-corrected chi connectivity index (χ0v) is 20.1. The number of amides is 2. The lowest BCUT2D eigenvalue weighted by molar-refractivity contribution is -0.133. The standard InChI is InChI=1S/C25H30FN3O4S/c1-25(24(31)27-20-9-5-2-3-6-10-20)18-28(34(32,33)22-11-7-4-8-12-22)17-23(30)29(25)21-15-13-19(26)14-16-21/h4,7-8,11-16,20H,2-3,5-6,9-10,17-18H2,1H3,(H,27,31)/t25-/m0/s1. The van der Waals surface area contributed by atoms with E-state index in [1.54, 1.807) is 25.1 Å². The molecule has 1 saturated carbocycles. The van der Waals surface area contributed by atoms with Gasteiger partial charge in [-0.15, -0.1) is 0 Å². The second kappa shape index (κ2) is 9.84. The molecule has 182 valence electrons. The molecular weight excluding hydrogens is 457 g/mol. The molecule has 9 heteroatoms. The summed E-state index contributed by atoms with van der Waals surface area (Å²) in [6, 6.07) is 13.2. The smallest absolute Gasteiger partial charge is 0.247 e. The molecule has 7 nitrogen and oxygen atoms in total. The number of benzene rings is 2. The van der Waals surface area contributed by atoms with Crippen LogP contribution in [0.15, 0.2) is 59.5 Å². The number of hydrogen-bond donors (Lipinski definition) is 1. The molecule has 0 radical (unpaired) electrons. The molecule has 2 fully saturated rings. The fourth-order valence-electron chi connectivity index (χ4n) is 4.84. The zero-order chi connectivity index (χ0) is 24.3. The molecule has 2 aromatic carbocycles. The number of anilines is 1. The Morgan fingerprint density at radius 1 is 1.00 bits per heavy atom. The van der Waals surface area contributed by atoms with Crippen molar-refractivity contribution in [1.29, 1.82) is 0 Å². The Morgan fingerprint density at radius 2 is 1.62 bits per heavy atom. The second-order valence-electron chi connectivity index (χ2n) is 9.23. The van der Waals surface area contributed by atoms with Gasteiger partial charge in [0, 0.05) is 18.3 Å². The Bertz CT molecular complexity index is 1130. The topological polar surface area (TPSA) is 86.8 Å². The molecule has 0 bridgehead atoms. The Balaban J connectivity index is 1.70. The predicted molar refractivity (Wildman–Crippen MR) is 127 cm³/mol. The zero-order valence-electron chi connectivity index (χ0n) is 19.2. The fraction of sp³-hybridized carbons (Fsp3) is 0.440. The quantitative estimate of drug-likeness (QED) is 0.655. The molecule has 1 heterocycles. The number of sulfonamides is 1. The highest BCUT2D eigenvalue weighted by molar-refractivity contribution is 7.89. The van der Waals surface area contributed by atoms with Gasteiger partial charge in [0.15, 0.2) is 0 Å². The van der Waals surface area contributed by atoms with Crippen LogP contribution in [0.5, 0.6) is 0 Å². The van der Waals surface area contributed by atoms with Crippen molar-refractivity contribution in [2.75, 3.05) is 18.0 Å². The SMILES string of the molecule is C[C@@]1(C(=O)NC2CCCCCC2)CN(S(=O)(=O)c2ccccc2)CC(=O)N1c1ccc(F)cc1. The van der Waals surface area contributed by atoms with E-state index in [1.165, 1.54) is 41.3 Å². The van der Waals surface area contributed by atoms with E-state index in [0.29, 0.717) is 5.69 Å². The molecule has 0 spiro atoms. The molecule has 2 aliphatic rings. The molecule has 1 N–H and O–H groups in total. The van der Waals surface area contributed by atoms with Gasteiger partial charge in [-0.25, -0.2) is 12.8 Å². The highest BCUT2D eigenvalue weighted by Gasteiger charge is 2.51. The number of carbonyl (C=O) groups excluding carboxylic acids is 2. The van der Waals surface area contributed by atoms with Crippen molar-refractivity contribution in [3.63, 3.8) is 0 Å². The third-order valence-electron chi connectivity index (χ3n) is 6.68. The van der Waals surface area contributed by atoms with Crippen LogP contribution in [0.2, 0.25) is 0 Å². The van der Waals surface area contributed by atoms with Crippen molar-refractivity contribution in [3.05, 3.63) is 60.4 Å². The van der Waals surface area contributed by atoms with Crippen molar-refractivity contribution in [1.82, 2.24) is 9.62 Å². The van der Waals surface area contributed by atoms with E-state index in [-0.39, 0.29) is 17.5 Å². The minimum absolute atomic E-state index is 0.0295. The van der Waals surface area contributed by atoms with Crippen molar-refractivity contribution in [2.24, 2.45) is 0 Å². The first-order chi connectivity index (χ1) is 16.2. The van der Waals surface area contributed by atoms with Gasteiger partial charge in [-0.1, -0.05) is 43.9 Å². The molecule has 4 rings (SSSR count). The second-order valence-corrected chi connectivity index (χ2v) is 11.2. The molecule has 1 atom stereocenters. The minimum Gasteiger partial charge on any atom is -0.351 e. The molecule has 1 saturated heterocycles. The van der Waals surface area contributed by atoms with Crippen LogP contribution in [0.4, 0.5) is 10.1 Å². The summed E-state index contributed by atoms with van der Waals surface area (Å²) in [6.45, 7) is 0.944. The van der Waals surface area contributed by atoms with E-state index in [1.807, 2.05) is 0 Å². The maximum atomic E-state index is 13.7. The number of nitrogens with one attached hydrogen (secondary N) is 1. The molecule has 0 aromatic heterocycles. The number of hydrogen-bond acceptors (Lipinski definition) is 4. The molecule has 1 aliphatic carbocycles. The van der Waals surface area contributed by atoms with Gasteiger partial charge in [0.05, 0.1) is 11.4 Å². The minimum atomic E-state index is -4.00. The van der Waals surface area contributed by atoms with Crippen LogP contribution in [0.1, 0.15) is 45.4 Å². The maximum Gasteiger partial charge on any atom is 0.247 e. The lowest BCUT2D eigenvalue weighted by atomic mass is 9.93. The van der Waals surface area contributed by atoms with Crippen LogP contribution in [-0.4, -0.2) is 49.2 Å². The van der Waals surface area contributed by atoms with Crippen LogP contribution in [0, 0.1) is 5.82 Å². The molecule has 2 aromatic rings. The van der Waals surface area contributed by atoms with Gasteiger partial charge in [-0.05, 0) is 56.2 Å². The highest BCUT2D eigenvalue weighted by atomic mass is 32.2. The van der Waals surface area contributed by atoms with Crippen molar-refractivity contribution < 1.29 is 22.4 Å². The third kappa shape index (κ3) is 4.86. The van der Waals surface area contributed by atoms with Gasteiger partial charge in [0.2, 0.25) is 21.8 Å². The summed E-state index contributed by atoms with van der Waals surface area (Å²) in [5.41, 5.74) is -1.16. The maximum absolute atomic E-state index is 13.7. The molecule has 2 amide bonds. The van der Waals surface area contributed by atoms with E-state index in [9.17, 15) is 22.4 Å². The van der Waals surface area contributed by atoms with Crippen molar-refractivity contribution in [3.8, 4) is 0 Å². The molecular formula is C25H30FN3O4S. The largest absolute Gasteiger partial charge is 0.351 e. The Kier molecular flexibility index (Phi) is 7.04. The van der Waals surface area contributed by atoms with Gasteiger partial charge in [0.25, 0.3) is 0 Å². The van der Waals surface area contributed by atoms with Crippen LogP contribution in [-0.2, 0) is 19.6 Å². The summed E-state index contributed by atoms with van der Waals surface area (Å²) in [5, 5.41) is 3.08. The fourth-order valence-corrected chi connectivity index (χ4v) is 6.34. The predicted octanol–water partition coefficient (Wildman–Crippen LogP) is 3.46. The van der Waals surface area contributed by atoms with Crippen LogP contribution >= 0.6 is 0 Å². The average Bonchev–Trinajstić information content (AvgIpc) is 3.09. The van der Waals surface area contributed by atoms with Crippen LogP contribution in [0.3, 0.4) is 0 Å². The third-order valence-corrected chi connectivity index (χ3v) is 8.49. The van der Waals surface area contributed by atoms with Gasteiger partial charge in [-0.2, -0.15) is 4.31 Å². The van der Waals surface area contributed by atoms with Crippen molar-refractivity contribution in [2.45, 2.75) is 61.9 Å². The number of nitrogens with zero attached hydrogens (tertiary/aromatic N) is 2. The molecule has 0 unspecified atom stereocenters. The molecule has 34 heavy (non-hydrogen) atoms. The van der Waals surface area contributed by atoms with Crippen LogP contribution in [0.25, 0.3) is 0 Å². The number of carbonyl (C=O) groups is 2. The Labute approximate surface area is 200 Å². The summed E-state index contributed by atoms with van der Waals surface area (Å²) < 4.78 is 41.3. The van der Waals surface area contributed by atoms with E-state index < -0.39 is 39.7 Å². The van der Waals surface area contributed by atoms with Gasteiger partial charge < -0.3 is 5.32 Å². The highest BCUT2D eigenvalue weighted by Crippen LogP contribution is 2.33. The average molecular weight is 488 g/mol. The number of piperazine rings is 1. The first kappa shape index (κ1) is 24.3. The van der Waals surface area contributed by atoms with E-state index in [2.05, 4.69) is 5.32 Å². The summed E-state index contributed by atoms with van der Waals surface area (Å²) >= 11 is 0. The normalized spacial score (nSPS) is 22.9. The van der Waals surface area contributed by atoms with Crippen molar-refractivity contribution >= 4 is 27.5 Å². The summed E-state index contributed by atoms with van der Waals surface area (Å²) in [4.78, 5) is 28.5. The van der Waals surface area contributed by atoms with E-state index >= 15 is 0 Å². The first-order valence-corrected chi connectivity index (χ1v) is 13.1. The van der Waals surface area contributed by atoms with E-state index in [4.69, 9.17) is 0 Å². The van der Waals surface area contributed by atoms with Gasteiger partial charge in [0.1, 0.15) is 11.4 Å². The lowest BCUT2D eigenvalue weighted by Gasteiger charge is -2.47. The van der Waals surface area contributed by atoms with Gasteiger partial charge >= 0.3 is 0 Å². The van der Waals surface area contributed by atoms with Crippen LogP contribution < -0.4 is 10.2 Å². The summed E-state index contributed by atoms with van der Waals surface area (Å²) in [7, 11) is -4.00. The summed E-state index contributed by atoms with van der Waals surface area (Å²) in [6.07, 6.45) is 5.95. The lowest BCUT2D eigenvalue weighted by Crippen LogP contribution is -2.70. The summed E-state index contributed by atoms with van der Waals surface area (Å²) in [5.74, 6) is -1.42. The molecule has 1 aliphatic heterocycles.